The molecule has 21 heavy (non-hydrogen) atoms. The molecular formula is C15H19FN2O3. The largest absolute Gasteiger partial charge is 0.393 e. The van der Waals surface area contributed by atoms with Gasteiger partial charge in [-0.1, -0.05) is 25.0 Å². The number of hydrogen-bond acceptors (Lipinski definition) is 3. The normalized spacial score (nSPS) is 21.6. The number of aliphatic hydroxyl groups excluding tert-OH is 1. The summed E-state index contributed by atoms with van der Waals surface area (Å²) in [5.41, 5.74) is -0.0321. The second kappa shape index (κ2) is 7.17. The number of carbonyl (C=O) groups excluding carboxylic acids is 2. The Morgan fingerprint density at radius 3 is 2.62 bits per heavy atom. The molecule has 1 fully saturated rings. The van der Waals surface area contributed by atoms with Crippen LogP contribution >= 0.6 is 0 Å². The zero-order valence-electron chi connectivity index (χ0n) is 11.6. The fourth-order valence-corrected chi connectivity index (χ4v) is 2.47. The van der Waals surface area contributed by atoms with Crippen LogP contribution in [0, 0.1) is 11.7 Å². The first kappa shape index (κ1) is 15.4. The van der Waals surface area contributed by atoms with E-state index in [4.69, 9.17) is 0 Å². The van der Waals surface area contributed by atoms with E-state index in [1.807, 2.05) is 0 Å². The predicted octanol–water partition coefficient (Wildman–Crippen LogP) is 1.43. The van der Waals surface area contributed by atoms with Crippen molar-refractivity contribution in [1.82, 2.24) is 5.32 Å². The van der Waals surface area contributed by atoms with Crippen molar-refractivity contribution in [2.24, 2.45) is 5.92 Å². The van der Waals surface area contributed by atoms with Gasteiger partial charge in [0.25, 0.3) is 0 Å². The monoisotopic (exact) mass is 294 g/mol. The highest BCUT2D eigenvalue weighted by molar-refractivity contribution is 6.39. The van der Waals surface area contributed by atoms with Gasteiger partial charge in [-0.05, 0) is 25.0 Å². The van der Waals surface area contributed by atoms with Gasteiger partial charge in [0.15, 0.2) is 0 Å². The highest BCUT2D eigenvalue weighted by atomic mass is 19.1. The highest BCUT2D eigenvalue weighted by Crippen LogP contribution is 2.23. The van der Waals surface area contributed by atoms with E-state index in [0.29, 0.717) is 0 Å². The number of hydrogen-bond donors (Lipinski definition) is 3. The van der Waals surface area contributed by atoms with Gasteiger partial charge in [0.2, 0.25) is 0 Å². The molecule has 0 spiro atoms. The van der Waals surface area contributed by atoms with E-state index in [-0.39, 0.29) is 18.2 Å². The number of rotatable bonds is 3. The Labute approximate surface area is 122 Å². The van der Waals surface area contributed by atoms with Crippen molar-refractivity contribution in [3.8, 4) is 0 Å². The minimum Gasteiger partial charge on any atom is -0.393 e. The molecular weight excluding hydrogens is 275 g/mol. The quantitative estimate of drug-likeness (QED) is 0.738. The Morgan fingerprint density at radius 2 is 1.90 bits per heavy atom. The van der Waals surface area contributed by atoms with Crippen molar-refractivity contribution in [2.75, 3.05) is 11.9 Å². The fraction of sp³-hybridized carbons (Fsp3) is 0.467. The van der Waals surface area contributed by atoms with E-state index in [1.54, 1.807) is 6.07 Å². The molecule has 0 radical (unpaired) electrons. The first-order valence-electron chi connectivity index (χ1n) is 7.09. The number of carbonyl (C=O) groups is 2. The highest BCUT2D eigenvalue weighted by Gasteiger charge is 2.24. The number of aliphatic hydroxyl groups is 1. The summed E-state index contributed by atoms with van der Waals surface area (Å²) < 4.78 is 13.4. The summed E-state index contributed by atoms with van der Waals surface area (Å²) >= 11 is 0. The third kappa shape index (κ3) is 4.26. The summed E-state index contributed by atoms with van der Waals surface area (Å²) in [5.74, 6) is -2.35. The second-order valence-corrected chi connectivity index (χ2v) is 5.26. The van der Waals surface area contributed by atoms with Crippen molar-refractivity contribution >= 4 is 17.5 Å². The number of anilines is 1. The van der Waals surface area contributed by atoms with Gasteiger partial charge in [-0.15, -0.1) is 0 Å². The second-order valence-electron chi connectivity index (χ2n) is 5.26. The molecule has 0 aromatic heterocycles. The van der Waals surface area contributed by atoms with Gasteiger partial charge in [0, 0.05) is 12.5 Å². The summed E-state index contributed by atoms with van der Waals surface area (Å²) in [5, 5.41) is 14.5. The molecule has 0 unspecified atom stereocenters. The van der Waals surface area contributed by atoms with Crippen LogP contribution in [-0.4, -0.2) is 29.6 Å². The van der Waals surface area contributed by atoms with Gasteiger partial charge in [-0.3, -0.25) is 9.59 Å². The maximum absolute atomic E-state index is 13.4. The lowest BCUT2D eigenvalue weighted by Crippen LogP contribution is -2.41. The van der Waals surface area contributed by atoms with Crippen molar-refractivity contribution < 1.29 is 19.1 Å². The Kier molecular flexibility index (Phi) is 5.27. The number of benzene rings is 1. The standard InChI is InChI=1S/C15H19FN2O3/c16-11-6-2-3-7-12(11)18-15(21)14(20)17-9-10-5-1-4-8-13(10)19/h2-3,6-7,10,13,19H,1,4-5,8-9H2,(H,17,20)(H,18,21)/t10-,13+/m1/s1. The van der Waals surface area contributed by atoms with Gasteiger partial charge in [0.05, 0.1) is 11.8 Å². The lowest BCUT2D eigenvalue weighted by atomic mass is 9.86. The SMILES string of the molecule is O=C(NC[C@H]1CCCC[C@@H]1O)C(=O)Nc1ccccc1F. The molecule has 5 nitrogen and oxygen atoms in total. The average molecular weight is 294 g/mol. The van der Waals surface area contributed by atoms with Crippen molar-refractivity contribution in [3.05, 3.63) is 30.1 Å². The summed E-state index contributed by atoms with van der Waals surface area (Å²) in [4.78, 5) is 23.3. The van der Waals surface area contributed by atoms with Gasteiger partial charge < -0.3 is 15.7 Å². The van der Waals surface area contributed by atoms with Gasteiger partial charge in [-0.2, -0.15) is 0 Å². The maximum atomic E-state index is 13.4. The molecule has 0 bridgehead atoms. The van der Waals surface area contributed by atoms with Crippen molar-refractivity contribution in [2.45, 2.75) is 31.8 Å². The molecule has 1 aromatic carbocycles. The molecule has 3 N–H and O–H groups in total. The third-order valence-electron chi connectivity index (χ3n) is 3.72. The van der Waals surface area contributed by atoms with Crippen LogP contribution in [0.1, 0.15) is 25.7 Å². The lowest BCUT2D eigenvalue weighted by molar-refractivity contribution is -0.136. The van der Waals surface area contributed by atoms with Crippen LogP contribution in [0.3, 0.4) is 0 Å². The third-order valence-corrected chi connectivity index (χ3v) is 3.72. The molecule has 1 saturated carbocycles. The lowest BCUT2D eigenvalue weighted by Gasteiger charge is -2.27. The van der Waals surface area contributed by atoms with Crippen LogP contribution in [0.4, 0.5) is 10.1 Å². The predicted molar refractivity (Wildman–Crippen MR) is 76.0 cm³/mol. The van der Waals surface area contributed by atoms with E-state index in [0.717, 1.165) is 25.7 Å². The Hall–Kier alpha value is -1.95. The van der Waals surface area contributed by atoms with Crippen molar-refractivity contribution in [1.29, 1.82) is 0 Å². The number of para-hydroxylation sites is 1. The van der Waals surface area contributed by atoms with Crippen LogP contribution in [-0.2, 0) is 9.59 Å². The van der Waals surface area contributed by atoms with Crippen LogP contribution in [0.15, 0.2) is 24.3 Å². The zero-order valence-corrected chi connectivity index (χ0v) is 11.6. The molecule has 2 rings (SSSR count). The van der Waals surface area contributed by atoms with Crippen LogP contribution < -0.4 is 10.6 Å². The molecule has 6 heteroatoms. The molecule has 114 valence electrons. The molecule has 1 aliphatic carbocycles. The molecule has 0 saturated heterocycles. The Bertz CT molecular complexity index is 521. The van der Waals surface area contributed by atoms with E-state index >= 15 is 0 Å². The maximum Gasteiger partial charge on any atom is 0.313 e. The Balaban J connectivity index is 1.83. The minimum absolute atomic E-state index is 0.0241. The molecule has 1 aromatic rings. The zero-order chi connectivity index (χ0) is 15.2. The van der Waals surface area contributed by atoms with Gasteiger partial charge in [-0.25, -0.2) is 4.39 Å². The first-order valence-corrected chi connectivity index (χ1v) is 7.09. The van der Waals surface area contributed by atoms with Crippen LogP contribution in [0.5, 0.6) is 0 Å². The van der Waals surface area contributed by atoms with Crippen molar-refractivity contribution in [3.63, 3.8) is 0 Å². The van der Waals surface area contributed by atoms with E-state index in [2.05, 4.69) is 10.6 Å². The molecule has 2 atom stereocenters. The van der Waals surface area contributed by atoms with Crippen LogP contribution in [0.25, 0.3) is 0 Å². The van der Waals surface area contributed by atoms with E-state index in [9.17, 15) is 19.1 Å². The first-order chi connectivity index (χ1) is 10.1. The number of nitrogens with one attached hydrogen (secondary N) is 2. The molecule has 2 amide bonds. The molecule has 0 heterocycles. The Morgan fingerprint density at radius 1 is 1.19 bits per heavy atom. The topological polar surface area (TPSA) is 78.4 Å². The van der Waals surface area contributed by atoms with E-state index < -0.39 is 23.7 Å². The summed E-state index contributed by atoms with van der Waals surface area (Å²) in [7, 11) is 0. The molecule has 1 aliphatic rings. The molecule has 0 aliphatic heterocycles. The van der Waals surface area contributed by atoms with E-state index in [1.165, 1.54) is 18.2 Å². The number of amides is 2. The average Bonchev–Trinajstić information content (AvgIpc) is 2.48. The summed E-state index contributed by atoms with van der Waals surface area (Å²) in [6, 6.07) is 5.64. The van der Waals surface area contributed by atoms with Gasteiger partial charge >= 0.3 is 11.8 Å². The summed E-state index contributed by atoms with van der Waals surface area (Å²) in [6.07, 6.45) is 3.12. The van der Waals surface area contributed by atoms with Gasteiger partial charge in [0.1, 0.15) is 5.82 Å². The smallest absolute Gasteiger partial charge is 0.313 e. The minimum atomic E-state index is -0.912. The van der Waals surface area contributed by atoms with Crippen LogP contribution in [0.2, 0.25) is 0 Å². The number of halogens is 1. The summed E-state index contributed by atoms with van der Waals surface area (Å²) in [6.45, 7) is 0.255. The fourth-order valence-electron chi connectivity index (χ4n) is 2.47.